The molecule has 0 bridgehead atoms. The highest BCUT2D eigenvalue weighted by Crippen LogP contribution is 2.30. The molecule has 2 aliphatic heterocycles. The summed E-state index contributed by atoms with van der Waals surface area (Å²) in [4.78, 5) is 26.3. The lowest BCUT2D eigenvalue weighted by Crippen LogP contribution is -2.49. The van der Waals surface area contributed by atoms with Crippen molar-refractivity contribution in [2.75, 3.05) is 31.1 Å². The summed E-state index contributed by atoms with van der Waals surface area (Å²) < 4.78 is 42.9. The number of nitrogens with one attached hydrogen (secondary N) is 1. The van der Waals surface area contributed by atoms with Gasteiger partial charge in [0.15, 0.2) is 11.4 Å². The molecule has 2 saturated heterocycles. The molecular formula is C19H21F3N4O3. The van der Waals surface area contributed by atoms with Gasteiger partial charge < -0.3 is 4.52 Å². The first-order chi connectivity index (χ1) is 13.8. The molecule has 2 aliphatic rings. The van der Waals surface area contributed by atoms with E-state index in [1.807, 2.05) is 12.1 Å². The van der Waals surface area contributed by atoms with Gasteiger partial charge in [-0.05, 0) is 56.0 Å². The van der Waals surface area contributed by atoms with Crippen LogP contribution in [0.1, 0.15) is 24.8 Å². The number of carbonyl (C=O) groups is 2. The Labute approximate surface area is 164 Å². The topological polar surface area (TPSA) is 78.7 Å². The molecule has 0 atom stereocenters. The number of benzene rings is 1. The Hall–Kier alpha value is -2.62. The van der Waals surface area contributed by atoms with Crippen LogP contribution in [0.2, 0.25) is 0 Å². The average molecular weight is 410 g/mol. The predicted molar refractivity (Wildman–Crippen MR) is 98.4 cm³/mol. The number of imide groups is 1. The Morgan fingerprint density at radius 1 is 1.17 bits per heavy atom. The number of piperidine rings is 1. The zero-order chi connectivity index (χ0) is 20.6. The average Bonchev–Trinajstić information content (AvgIpc) is 3.05. The second-order valence-corrected chi connectivity index (χ2v) is 7.63. The maximum Gasteiger partial charge on any atom is 0.401 e. The SMILES string of the molecule is O=C1CCN(c2noc3ccc(CC4CCN(CC(F)(F)F)CC4)cc23)C(=O)N1. The minimum absolute atomic E-state index is 0.191. The molecule has 3 heterocycles. The van der Waals surface area contributed by atoms with Crippen molar-refractivity contribution in [1.82, 2.24) is 15.4 Å². The van der Waals surface area contributed by atoms with Crippen LogP contribution in [0.3, 0.4) is 0 Å². The third kappa shape index (κ3) is 4.52. The number of hydrogen-bond acceptors (Lipinski definition) is 5. The molecule has 4 rings (SSSR count). The van der Waals surface area contributed by atoms with Crippen molar-refractivity contribution in [1.29, 1.82) is 0 Å². The number of anilines is 1. The lowest BCUT2D eigenvalue weighted by molar-refractivity contribution is -0.148. The van der Waals surface area contributed by atoms with E-state index in [2.05, 4.69) is 10.5 Å². The van der Waals surface area contributed by atoms with Gasteiger partial charge in [0.25, 0.3) is 0 Å². The Morgan fingerprint density at radius 3 is 2.62 bits per heavy atom. The predicted octanol–water partition coefficient (Wildman–Crippen LogP) is 3.09. The molecule has 7 nitrogen and oxygen atoms in total. The molecule has 1 N–H and O–H groups in total. The lowest BCUT2D eigenvalue weighted by Gasteiger charge is -2.32. The van der Waals surface area contributed by atoms with Crippen molar-refractivity contribution < 1.29 is 27.3 Å². The van der Waals surface area contributed by atoms with Gasteiger partial charge >= 0.3 is 12.2 Å². The first-order valence-electron chi connectivity index (χ1n) is 9.57. The van der Waals surface area contributed by atoms with Crippen LogP contribution in [0, 0.1) is 5.92 Å². The number of nitrogens with zero attached hydrogens (tertiary/aromatic N) is 3. The van der Waals surface area contributed by atoms with Gasteiger partial charge in [0, 0.05) is 13.0 Å². The molecule has 156 valence electrons. The summed E-state index contributed by atoms with van der Waals surface area (Å²) in [6, 6.07) is 5.08. The van der Waals surface area contributed by atoms with Crippen LogP contribution >= 0.6 is 0 Å². The fraction of sp³-hybridized carbons (Fsp3) is 0.526. The van der Waals surface area contributed by atoms with Crippen LogP contribution in [-0.2, 0) is 11.2 Å². The molecule has 1 aromatic carbocycles. The quantitative estimate of drug-likeness (QED) is 0.838. The van der Waals surface area contributed by atoms with Crippen molar-refractivity contribution in [2.24, 2.45) is 5.92 Å². The standard InChI is InChI=1S/C19H21F3N4O3/c20-19(21,22)11-25-6-3-12(4-7-25)9-13-1-2-15-14(10-13)17(24-29-15)26-8-5-16(27)23-18(26)28/h1-2,10,12H,3-9,11H2,(H,23,27,28). The molecule has 10 heteroatoms. The summed E-state index contributed by atoms with van der Waals surface area (Å²) in [6.45, 7) is 0.254. The molecule has 2 fully saturated rings. The highest BCUT2D eigenvalue weighted by molar-refractivity contribution is 6.08. The fourth-order valence-electron chi connectivity index (χ4n) is 4.00. The highest BCUT2D eigenvalue weighted by Gasteiger charge is 2.33. The van der Waals surface area contributed by atoms with Crippen molar-refractivity contribution in [3.8, 4) is 0 Å². The van der Waals surface area contributed by atoms with Crippen molar-refractivity contribution in [3.05, 3.63) is 23.8 Å². The summed E-state index contributed by atoms with van der Waals surface area (Å²) in [7, 11) is 0. The largest absolute Gasteiger partial charge is 0.401 e. The molecule has 0 aliphatic carbocycles. The van der Waals surface area contributed by atoms with E-state index in [-0.39, 0.29) is 18.9 Å². The van der Waals surface area contributed by atoms with E-state index >= 15 is 0 Å². The van der Waals surface area contributed by atoms with Crippen LogP contribution in [0.5, 0.6) is 0 Å². The Morgan fingerprint density at radius 2 is 1.93 bits per heavy atom. The molecule has 0 unspecified atom stereocenters. The van der Waals surface area contributed by atoms with Gasteiger partial charge in [0.2, 0.25) is 5.91 Å². The first kappa shape index (κ1) is 19.7. The lowest BCUT2D eigenvalue weighted by atomic mass is 9.90. The van der Waals surface area contributed by atoms with Crippen LogP contribution in [0.4, 0.5) is 23.8 Å². The number of fused-ring (bicyclic) bond motifs is 1. The maximum absolute atomic E-state index is 12.5. The van der Waals surface area contributed by atoms with Crippen molar-refractivity contribution >= 4 is 28.7 Å². The number of halogens is 3. The van der Waals surface area contributed by atoms with E-state index in [1.165, 1.54) is 9.80 Å². The molecule has 0 saturated carbocycles. The first-order valence-corrected chi connectivity index (χ1v) is 9.57. The van der Waals surface area contributed by atoms with Crippen LogP contribution in [-0.4, -0.2) is 54.4 Å². The number of carbonyl (C=O) groups excluding carboxylic acids is 2. The molecule has 0 spiro atoms. The molecule has 3 amide bonds. The van der Waals surface area contributed by atoms with Crippen LogP contribution < -0.4 is 10.2 Å². The van der Waals surface area contributed by atoms with Crippen LogP contribution in [0.25, 0.3) is 11.0 Å². The van der Waals surface area contributed by atoms with Gasteiger partial charge in [-0.3, -0.25) is 19.9 Å². The van der Waals surface area contributed by atoms with Crippen LogP contribution in [0.15, 0.2) is 22.7 Å². The molecular weight excluding hydrogens is 389 g/mol. The van der Waals surface area contributed by atoms with E-state index in [0.717, 1.165) is 12.0 Å². The van der Waals surface area contributed by atoms with E-state index < -0.39 is 18.8 Å². The third-order valence-electron chi connectivity index (χ3n) is 5.46. The number of likely N-dealkylation sites (tertiary alicyclic amines) is 1. The third-order valence-corrected chi connectivity index (χ3v) is 5.46. The number of alkyl halides is 3. The van der Waals surface area contributed by atoms with Gasteiger partial charge in [0.05, 0.1) is 11.9 Å². The normalized spacial score (nSPS) is 19.8. The second kappa shape index (κ2) is 7.66. The molecule has 29 heavy (non-hydrogen) atoms. The summed E-state index contributed by atoms with van der Waals surface area (Å²) >= 11 is 0. The van der Waals surface area contributed by atoms with Gasteiger partial charge in [-0.2, -0.15) is 13.2 Å². The maximum atomic E-state index is 12.5. The summed E-state index contributed by atoms with van der Waals surface area (Å²) in [5.74, 6) is 0.347. The Balaban J connectivity index is 1.44. The minimum atomic E-state index is -4.16. The monoisotopic (exact) mass is 410 g/mol. The Kier molecular flexibility index (Phi) is 5.20. The zero-order valence-electron chi connectivity index (χ0n) is 15.7. The molecule has 2 aromatic rings. The van der Waals surface area contributed by atoms with E-state index in [1.54, 1.807) is 6.07 Å². The van der Waals surface area contributed by atoms with Crippen molar-refractivity contribution in [2.45, 2.75) is 31.9 Å². The zero-order valence-corrected chi connectivity index (χ0v) is 15.7. The van der Waals surface area contributed by atoms with Gasteiger partial charge in [0.1, 0.15) is 0 Å². The van der Waals surface area contributed by atoms with E-state index in [9.17, 15) is 22.8 Å². The number of urea groups is 1. The second-order valence-electron chi connectivity index (χ2n) is 7.63. The minimum Gasteiger partial charge on any atom is -0.354 e. The fourth-order valence-corrected chi connectivity index (χ4v) is 4.00. The number of rotatable bonds is 4. The number of hydrogen-bond donors (Lipinski definition) is 1. The van der Waals surface area contributed by atoms with E-state index in [4.69, 9.17) is 4.52 Å². The van der Waals surface area contributed by atoms with Crippen molar-refractivity contribution in [3.63, 3.8) is 0 Å². The molecule has 1 aromatic heterocycles. The van der Waals surface area contributed by atoms with E-state index in [0.29, 0.717) is 48.6 Å². The number of amides is 3. The van der Waals surface area contributed by atoms with Gasteiger partial charge in [-0.1, -0.05) is 11.2 Å². The summed E-state index contributed by atoms with van der Waals surface area (Å²) in [5.41, 5.74) is 1.55. The van der Waals surface area contributed by atoms with Gasteiger partial charge in [-0.15, -0.1) is 0 Å². The smallest absolute Gasteiger partial charge is 0.354 e. The Bertz CT molecular complexity index is 919. The number of aromatic nitrogens is 1. The van der Waals surface area contributed by atoms with Gasteiger partial charge in [-0.25, -0.2) is 4.79 Å². The summed E-state index contributed by atoms with van der Waals surface area (Å²) in [6.07, 6.45) is -1.81. The highest BCUT2D eigenvalue weighted by atomic mass is 19.4. The summed E-state index contributed by atoms with van der Waals surface area (Å²) in [5, 5.41) is 6.94. The molecule has 0 radical (unpaired) electrons.